The fraction of sp³-hybridized carbons (Fsp3) is 0.267. The van der Waals surface area contributed by atoms with Gasteiger partial charge in [0.25, 0.3) is 5.22 Å². The van der Waals surface area contributed by atoms with Crippen molar-refractivity contribution in [2.24, 2.45) is 0 Å². The van der Waals surface area contributed by atoms with Gasteiger partial charge in [0.2, 0.25) is 11.8 Å². The van der Waals surface area contributed by atoms with Gasteiger partial charge in [0.1, 0.15) is 11.5 Å². The zero-order valence-corrected chi connectivity index (χ0v) is 13.5. The smallest absolute Gasteiger partial charge is 0.277 e. The van der Waals surface area contributed by atoms with E-state index in [0.717, 1.165) is 11.8 Å². The standard InChI is InChI=1S/C15H15N3O4S/c1-4-5-16-13(19)9-23-15-18-17-14(22-15)10-6-11(20-2)8-12(7-10)21-3/h1,6-8H,5,9H2,2-3H3,(H,16,19). The molecular weight excluding hydrogens is 318 g/mol. The maximum atomic E-state index is 11.5. The molecule has 23 heavy (non-hydrogen) atoms. The molecule has 1 N–H and O–H groups in total. The fourth-order valence-corrected chi connectivity index (χ4v) is 2.24. The number of methoxy groups -OCH3 is 2. The fourth-order valence-electron chi connectivity index (χ4n) is 1.64. The van der Waals surface area contributed by atoms with E-state index in [4.69, 9.17) is 20.3 Å². The van der Waals surface area contributed by atoms with Crippen LogP contribution in [-0.2, 0) is 4.79 Å². The molecule has 0 spiro atoms. The predicted molar refractivity (Wildman–Crippen MR) is 85.4 cm³/mol. The molecule has 0 atom stereocenters. The largest absolute Gasteiger partial charge is 0.497 e. The molecule has 0 unspecified atom stereocenters. The first kappa shape index (κ1) is 16.7. The molecule has 0 aliphatic carbocycles. The Hall–Kier alpha value is -2.66. The van der Waals surface area contributed by atoms with Crippen LogP contribution in [0.2, 0.25) is 0 Å². The molecule has 2 aromatic rings. The summed E-state index contributed by atoms with van der Waals surface area (Å²) in [5.74, 6) is 3.81. The number of carbonyl (C=O) groups excluding carboxylic acids is 1. The van der Waals surface area contributed by atoms with E-state index in [1.807, 2.05) is 0 Å². The van der Waals surface area contributed by atoms with Crippen molar-refractivity contribution < 1.29 is 18.7 Å². The van der Waals surface area contributed by atoms with Crippen LogP contribution in [0.15, 0.2) is 27.8 Å². The molecular formula is C15H15N3O4S. The number of terminal acetylenes is 1. The molecule has 1 aromatic heterocycles. The minimum atomic E-state index is -0.198. The normalized spacial score (nSPS) is 9.96. The van der Waals surface area contributed by atoms with Gasteiger partial charge >= 0.3 is 0 Å². The average molecular weight is 333 g/mol. The summed E-state index contributed by atoms with van der Waals surface area (Å²) in [6.07, 6.45) is 5.07. The third kappa shape index (κ3) is 4.66. The average Bonchev–Trinajstić information content (AvgIpc) is 3.06. The van der Waals surface area contributed by atoms with Crippen molar-refractivity contribution in [2.75, 3.05) is 26.5 Å². The lowest BCUT2D eigenvalue weighted by Gasteiger charge is -2.05. The van der Waals surface area contributed by atoms with Crippen LogP contribution in [0.3, 0.4) is 0 Å². The van der Waals surface area contributed by atoms with Crippen molar-refractivity contribution in [3.63, 3.8) is 0 Å². The molecule has 0 aliphatic heterocycles. The first-order valence-corrected chi connectivity index (χ1v) is 7.54. The van der Waals surface area contributed by atoms with Crippen molar-refractivity contribution in [2.45, 2.75) is 5.22 Å². The Balaban J connectivity index is 2.07. The van der Waals surface area contributed by atoms with Crippen molar-refractivity contribution >= 4 is 17.7 Å². The van der Waals surface area contributed by atoms with Crippen molar-refractivity contribution in [1.29, 1.82) is 0 Å². The quantitative estimate of drug-likeness (QED) is 0.608. The number of nitrogens with zero attached hydrogens (tertiary/aromatic N) is 2. The Morgan fingerprint density at radius 2 is 2.00 bits per heavy atom. The first-order chi connectivity index (χ1) is 11.2. The summed E-state index contributed by atoms with van der Waals surface area (Å²) in [4.78, 5) is 11.5. The van der Waals surface area contributed by atoms with E-state index >= 15 is 0 Å². The maximum Gasteiger partial charge on any atom is 0.277 e. The van der Waals surface area contributed by atoms with Crippen LogP contribution in [-0.4, -0.2) is 42.6 Å². The van der Waals surface area contributed by atoms with Gasteiger partial charge in [-0.2, -0.15) is 0 Å². The molecule has 1 amide bonds. The van der Waals surface area contributed by atoms with E-state index in [2.05, 4.69) is 21.4 Å². The molecule has 7 nitrogen and oxygen atoms in total. The highest BCUT2D eigenvalue weighted by Crippen LogP contribution is 2.30. The predicted octanol–water partition coefficient (Wildman–Crippen LogP) is 1.60. The lowest BCUT2D eigenvalue weighted by molar-refractivity contribution is -0.118. The Morgan fingerprint density at radius 3 is 2.61 bits per heavy atom. The van der Waals surface area contributed by atoms with E-state index in [0.29, 0.717) is 23.0 Å². The number of benzene rings is 1. The molecule has 2 rings (SSSR count). The number of hydrogen-bond acceptors (Lipinski definition) is 7. The van der Waals surface area contributed by atoms with Gasteiger partial charge in [-0.1, -0.05) is 17.7 Å². The van der Waals surface area contributed by atoms with Crippen LogP contribution in [0.4, 0.5) is 0 Å². The van der Waals surface area contributed by atoms with Crippen LogP contribution in [0.25, 0.3) is 11.5 Å². The van der Waals surface area contributed by atoms with Crippen molar-refractivity contribution in [3.8, 4) is 35.3 Å². The second-order valence-electron chi connectivity index (χ2n) is 4.24. The highest BCUT2D eigenvalue weighted by atomic mass is 32.2. The SMILES string of the molecule is C#CCNC(=O)CSc1nnc(-c2cc(OC)cc(OC)c2)o1. The molecule has 120 valence electrons. The summed E-state index contributed by atoms with van der Waals surface area (Å²) in [5.41, 5.74) is 0.664. The van der Waals surface area contributed by atoms with Gasteiger partial charge in [-0.3, -0.25) is 4.79 Å². The molecule has 8 heteroatoms. The maximum absolute atomic E-state index is 11.5. The zero-order valence-electron chi connectivity index (χ0n) is 12.7. The van der Waals surface area contributed by atoms with Gasteiger partial charge in [-0.15, -0.1) is 16.6 Å². The van der Waals surface area contributed by atoms with Crippen LogP contribution in [0, 0.1) is 12.3 Å². The molecule has 0 radical (unpaired) electrons. The lowest BCUT2D eigenvalue weighted by atomic mass is 10.2. The molecule has 1 aromatic carbocycles. The van der Waals surface area contributed by atoms with Crippen LogP contribution in [0.1, 0.15) is 0 Å². The third-order valence-corrected chi connectivity index (χ3v) is 3.54. The molecule has 0 bridgehead atoms. The minimum Gasteiger partial charge on any atom is -0.497 e. The number of thioether (sulfide) groups is 1. The Bertz CT molecular complexity index is 702. The molecule has 1 heterocycles. The summed E-state index contributed by atoms with van der Waals surface area (Å²) in [7, 11) is 3.12. The Kier molecular flexibility index (Phi) is 5.88. The summed E-state index contributed by atoms with van der Waals surface area (Å²) in [6, 6.07) is 5.25. The topological polar surface area (TPSA) is 86.5 Å². The van der Waals surface area contributed by atoms with Gasteiger partial charge < -0.3 is 19.2 Å². The van der Waals surface area contributed by atoms with E-state index in [9.17, 15) is 4.79 Å². The third-order valence-electron chi connectivity index (χ3n) is 2.72. The number of nitrogens with one attached hydrogen (secondary N) is 1. The second kappa shape index (κ2) is 8.10. The number of hydrogen-bond donors (Lipinski definition) is 1. The summed E-state index contributed by atoms with van der Waals surface area (Å²) >= 11 is 1.13. The van der Waals surface area contributed by atoms with E-state index in [1.165, 1.54) is 0 Å². The molecule has 0 saturated heterocycles. The van der Waals surface area contributed by atoms with Gasteiger partial charge in [-0.05, 0) is 12.1 Å². The number of carbonyl (C=O) groups is 1. The van der Waals surface area contributed by atoms with Crippen LogP contribution < -0.4 is 14.8 Å². The van der Waals surface area contributed by atoms with E-state index < -0.39 is 0 Å². The molecule has 0 saturated carbocycles. The lowest BCUT2D eigenvalue weighted by Crippen LogP contribution is -2.25. The minimum absolute atomic E-state index is 0.144. The van der Waals surface area contributed by atoms with Gasteiger partial charge in [-0.25, -0.2) is 0 Å². The Labute approximate surface area is 137 Å². The van der Waals surface area contributed by atoms with E-state index in [1.54, 1.807) is 32.4 Å². The first-order valence-electron chi connectivity index (χ1n) is 6.56. The second-order valence-corrected chi connectivity index (χ2v) is 5.17. The van der Waals surface area contributed by atoms with Gasteiger partial charge in [0, 0.05) is 11.6 Å². The summed E-state index contributed by atoms with van der Waals surface area (Å²) in [6.45, 7) is 0.193. The molecule has 0 aliphatic rings. The number of rotatable bonds is 7. The number of aromatic nitrogens is 2. The summed E-state index contributed by atoms with van der Waals surface area (Å²) < 4.78 is 15.9. The van der Waals surface area contributed by atoms with Crippen molar-refractivity contribution in [3.05, 3.63) is 18.2 Å². The van der Waals surface area contributed by atoms with E-state index in [-0.39, 0.29) is 23.4 Å². The van der Waals surface area contributed by atoms with Crippen LogP contribution >= 0.6 is 11.8 Å². The van der Waals surface area contributed by atoms with Gasteiger partial charge in [0.15, 0.2) is 0 Å². The highest BCUT2D eigenvalue weighted by Gasteiger charge is 2.13. The monoisotopic (exact) mass is 333 g/mol. The zero-order chi connectivity index (χ0) is 16.7. The van der Waals surface area contributed by atoms with Crippen LogP contribution in [0.5, 0.6) is 11.5 Å². The number of ether oxygens (including phenoxy) is 2. The van der Waals surface area contributed by atoms with Gasteiger partial charge in [0.05, 0.1) is 26.5 Å². The number of amides is 1. The molecule has 0 fully saturated rings. The highest BCUT2D eigenvalue weighted by molar-refractivity contribution is 7.99. The summed E-state index contributed by atoms with van der Waals surface area (Å²) in [5, 5.41) is 10.7. The Morgan fingerprint density at radius 1 is 1.30 bits per heavy atom. The van der Waals surface area contributed by atoms with Crippen molar-refractivity contribution in [1.82, 2.24) is 15.5 Å².